The van der Waals surface area contributed by atoms with Crippen LogP contribution in [0.25, 0.3) is 0 Å². The molecule has 0 saturated carbocycles. The van der Waals surface area contributed by atoms with Crippen LogP contribution >= 0.6 is 23.2 Å². The van der Waals surface area contributed by atoms with Crippen molar-refractivity contribution in [3.05, 3.63) is 60.2 Å². The van der Waals surface area contributed by atoms with Crippen LogP contribution in [0.15, 0.2) is 59.7 Å². The predicted molar refractivity (Wildman–Crippen MR) is 103 cm³/mol. The van der Waals surface area contributed by atoms with Crippen molar-refractivity contribution in [2.45, 2.75) is 0 Å². The molecule has 0 aliphatic heterocycles. The first-order chi connectivity index (χ1) is 11.2. The van der Waals surface area contributed by atoms with Crippen LogP contribution in [0.4, 0.5) is 11.4 Å². The van der Waals surface area contributed by atoms with Crippen molar-refractivity contribution < 1.29 is 0 Å². The number of para-hydroxylation sites is 1. The van der Waals surface area contributed by atoms with Crippen molar-refractivity contribution in [1.82, 2.24) is 0 Å². The van der Waals surface area contributed by atoms with Gasteiger partial charge in [-0.3, -0.25) is 5.01 Å². The Kier molecular flexibility index (Phi) is 7.24. The Morgan fingerprint density at radius 2 is 1.48 bits per heavy atom. The fourth-order valence-corrected chi connectivity index (χ4v) is 2.62. The molecule has 0 saturated heterocycles. The third kappa shape index (κ3) is 5.45. The van der Waals surface area contributed by atoms with E-state index in [0.29, 0.717) is 11.8 Å². The molecule has 0 spiro atoms. The standard InChI is InChI=1S/C18H21Cl2N3/c1-22(17-5-3-2-4-6-17)21-15-16-7-9-18(10-8-16)23(13-11-19)14-12-20/h2-10,15H,11-14H2,1H3. The van der Waals surface area contributed by atoms with Crippen LogP contribution in [-0.4, -0.2) is 38.1 Å². The van der Waals surface area contributed by atoms with Gasteiger partial charge in [-0.1, -0.05) is 30.3 Å². The number of hydrazone groups is 1. The van der Waals surface area contributed by atoms with E-state index in [2.05, 4.69) is 22.1 Å². The average Bonchev–Trinajstić information content (AvgIpc) is 2.61. The minimum absolute atomic E-state index is 0.585. The molecule has 0 aliphatic carbocycles. The van der Waals surface area contributed by atoms with Crippen LogP contribution in [0.1, 0.15) is 5.56 Å². The van der Waals surface area contributed by atoms with Gasteiger partial charge in [-0.15, -0.1) is 23.2 Å². The van der Waals surface area contributed by atoms with Gasteiger partial charge in [0.25, 0.3) is 0 Å². The minimum Gasteiger partial charge on any atom is -0.369 e. The van der Waals surface area contributed by atoms with E-state index < -0.39 is 0 Å². The molecule has 0 amide bonds. The second kappa shape index (κ2) is 9.43. The molecule has 122 valence electrons. The van der Waals surface area contributed by atoms with E-state index in [4.69, 9.17) is 23.2 Å². The zero-order valence-corrected chi connectivity index (χ0v) is 14.7. The molecule has 3 nitrogen and oxygen atoms in total. The highest BCUT2D eigenvalue weighted by Crippen LogP contribution is 2.16. The maximum absolute atomic E-state index is 5.84. The van der Waals surface area contributed by atoms with Crippen molar-refractivity contribution in [2.75, 3.05) is 41.8 Å². The van der Waals surface area contributed by atoms with Crippen molar-refractivity contribution in [1.29, 1.82) is 0 Å². The summed E-state index contributed by atoms with van der Waals surface area (Å²) in [5, 5.41) is 6.31. The molecule has 2 rings (SSSR count). The molecule has 2 aromatic rings. The highest BCUT2D eigenvalue weighted by molar-refractivity contribution is 6.18. The molecule has 0 aliphatic rings. The summed E-state index contributed by atoms with van der Waals surface area (Å²) in [5.41, 5.74) is 3.23. The lowest BCUT2D eigenvalue weighted by Crippen LogP contribution is -2.27. The van der Waals surface area contributed by atoms with Crippen LogP contribution in [0, 0.1) is 0 Å². The third-order valence-electron chi connectivity index (χ3n) is 3.48. The summed E-state index contributed by atoms with van der Waals surface area (Å²) in [6.45, 7) is 1.58. The molecule has 0 bridgehead atoms. The highest BCUT2D eigenvalue weighted by Gasteiger charge is 2.04. The summed E-state index contributed by atoms with van der Waals surface area (Å²) in [7, 11) is 1.93. The smallest absolute Gasteiger partial charge is 0.0590 e. The number of nitrogens with zero attached hydrogens (tertiary/aromatic N) is 3. The number of hydrogen-bond acceptors (Lipinski definition) is 3. The summed E-state index contributed by atoms with van der Waals surface area (Å²) in [4.78, 5) is 2.18. The fraction of sp³-hybridized carbons (Fsp3) is 0.278. The van der Waals surface area contributed by atoms with E-state index in [1.54, 1.807) is 0 Å². The fourth-order valence-electron chi connectivity index (χ4n) is 2.21. The predicted octanol–water partition coefficient (Wildman–Crippen LogP) is 4.44. The lowest BCUT2D eigenvalue weighted by Gasteiger charge is -2.22. The summed E-state index contributed by atoms with van der Waals surface area (Å²) >= 11 is 11.7. The lowest BCUT2D eigenvalue weighted by molar-refractivity contribution is 0.874. The van der Waals surface area contributed by atoms with Gasteiger partial charge in [0.1, 0.15) is 0 Å². The zero-order chi connectivity index (χ0) is 16.5. The van der Waals surface area contributed by atoms with Gasteiger partial charge in [-0.05, 0) is 29.8 Å². The van der Waals surface area contributed by atoms with Crippen molar-refractivity contribution >= 4 is 40.8 Å². The second-order valence-corrected chi connectivity index (χ2v) is 5.82. The molecule has 0 radical (unpaired) electrons. The van der Waals surface area contributed by atoms with Crippen LogP contribution in [-0.2, 0) is 0 Å². The minimum atomic E-state index is 0.585. The Hall–Kier alpha value is -1.71. The molecule has 0 fully saturated rings. The molecule has 23 heavy (non-hydrogen) atoms. The van der Waals surface area contributed by atoms with Crippen LogP contribution in [0.3, 0.4) is 0 Å². The van der Waals surface area contributed by atoms with Crippen LogP contribution in [0.5, 0.6) is 0 Å². The number of benzene rings is 2. The van der Waals surface area contributed by atoms with Gasteiger partial charge in [0.2, 0.25) is 0 Å². The van der Waals surface area contributed by atoms with Crippen molar-refractivity contribution in [3.8, 4) is 0 Å². The molecular weight excluding hydrogens is 329 g/mol. The second-order valence-electron chi connectivity index (χ2n) is 5.06. The van der Waals surface area contributed by atoms with Gasteiger partial charge in [0, 0.05) is 37.6 Å². The number of anilines is 2. The Morgan fingerprint density at radius 1 is 0.870 bits per heavy atom. The van der Waals surface area contributed by atoms with Gasteiger partial charge in [-0.2, -0.15) is 5.10 Å². The van der Waals surface area contributed by atoms with E-state index in [9.17, 15) is 0 Å². The van der Waals surface area contributed by atoms with E-state index in [0.717, 1.165) is 30.0 Å². The van der Waals surface area contributed by atoms with E-state index in [-0.39, 0.29) is 0 Å². The Morgan fingerprint density at radius 3 is 2.04 bits per heavy atom. The summed E-state index contributed by atoms with van der Waals surface area (Å²) in [6, 6.07) is 18.3. The number of rotatable bonds is 8. The Balaban J connectivity index is 2.03. The lowest BCUT2D eigenvalue weighted by atomic mass is 10.2. The monoisotopic (exact) mass is 349 g/mol. The topological polar surface area (TPSA) is 18.8 Å². The van der Waals surface area contributed by atoms with Gasteiger partial charge >= 0.3 is 0 Å². The molecule has 0 atom stereocenters. The number of halogens is 2. The SMILES string of the molecule is CN(N=Cc1ccc(N(CCCl)CCCl)cc1)c1ccccc1. The highest BCUT2D eigenvalue weighted by atomic mass is 35.5. The third-order valence-corrected chi connectivity index (χ3v) is 3.82. The molecule has 0 heterocycles. The van der Waals surface area contributed by atoms with Crippen LogP contribution in [0.2, 0.25) is 0 Å². The van der Waals surface area contributed by atoms with Crippen molar-refractivity contribution in [3.63, 3.8) is 0 Å². The average molecular weight is 350 g/mol. The molecule has 0 N–H and O–H groups in total. The van der Waals surface area contributed by atoms with E-state index in [1.165, 1.54) is 0 Å². The molecule has 2 aromatic carbocycles. The van der Waals surface area contributed by atoms with Gasteiger partial charge < -0.3 is 4.90 Å². The largest absolute Gasteiger partial charge is 0.369 e. The molecule has 0 unspecified atom stereocenters. The molecular formula is C18H21Cl2N3. The normalized spacial score (nSPS) is 10.9. The quantitative estimate of drug-likeness (QED) is 0.398. The van der Waals surface area contributed by atoms with Gasteiger partial charge in [0.15, 0.2) is 0 Å². The van der Waals surface area contributed by atoms with Crippen molar-refractivity contribution in [2.24, 2.45) is 5.10 Å². The van der Waals surface area contributed by atoms with E-state index >= 15 is 0 Å². The first-order valence-corrected chi connectivity index (χ1v) is 8.61. The maximum Gasteiger partial charge on any atom is 0.0590 e. The number of alkyl halides is 2. The summed E-state index contributed by atoms with van der Waals surface area (Å²) in [6.07, 6.45) is 1.85. The summed E-state index contributed by atoms with van der Waals surface area (Å²) < 4.78 is 0. The Bertz CT molecular complexity index is 593. The van der Waals surface area contributed by atoms with Crippen LogP contribution < -0.4 is 9.91 Å². The van der Waals surface area contributed by atoms with E-state index in [1.807, 2.05) is 60.7 Å². The first-order valence-electron chi connectivity index (χ1n) is 7.54. The first kappa shape index (κ1) is 17.6. The summed E-state index contributed by atoms with van der Waals surface area (Å²) in [5.74, 6) is 1.17. The zero-order valence-electron chi connectivity index (χ0n) is 13.2. The number of hydrogen-bond donors (Lipinski definition) is 0. The molecule has 5 heteroatoms. The Labute approximate surface area is 148 Å². The molecule has 0 aromatic heterocycles. The maximum atomic E-state index is 5.84. The van der Waals surface area contributed by atoms with Gasteiger partial charge in [0.05, 0.1) is 11.9 Å². The van der Waals surface area contributed by atoms with Gasteiger partial charge in [-0.25, -0.2) is 0 Å².